The largest absolute Gasteiger partial charge is 0.357 e. The molecule has 0 aromatic heterocycles. The highest BCUT2D eigenvalue weighted by atomic mass is 127. The van der Waals surface area contributed by atoms with Gasteiger partial charge < -0.3 is 20.9 Å². The highest BCUT2D eigenvalue weighted by Crippen LogP contribution is 2.27. The fourth-order valence-electron chi connectivity index (χ4n) is 4.04. The summed E-state index contributed by atoms with van der Waals surface area (Å²) in [7, 11) is 0. The summed E-state index contributed by atoms with van der Waals surface area (Å²) in [5, 5.41) is 9.85. The summed E-state index contributed by atoms with van der Waals surface area (Å²) in [5.74, 6) is 1.21. The Morgan fingerprint density at radius 1 is 1.10 bits per heavy atom. The molecule has 1 heterocycles. The molecule has 0 radical (unpaired) electrons. The number of rotatable bonds is 9. The number of aliphatic imine (C=N–C) groups is 1. The standard InChI is InChI=1S/C24H39N5O.HI/c1-2-25-24(26-14-9-17-29-15-5-3-4-6-16-29)27-19-20-10-7-13-22(18-20)28-23(30)21-11-8-12-21;/h7,10,13,18,21H,2-6,8-9,11-12,14-17,19H2,1H3,(H,28,30)(H2,25,26,27);1H. The van der Waals surface area contributed by atoms with Gasteiger partial charge in [-0.15, -0.1) is 24.0 Å². The molecule has 1 aromatic rings. The minimum atomic E-state index is 0. The second kappa shape index (κ2) is 14.7. The van der Waals surface area contributed by atoms with Crippen LogP contribution in [0.15, 0.2) is 29.3 Å². The molecular formula is C24H40IN5O. The SMILES string of the molecule is CCNC(=NCc1cccc(NC(=O)C2CCC2)c1)NCCCN1CCCCCC1.I. The van der Waals surface area contributed by atoms with Crippen molar-refractivity contribution >= 4 is 41.5 Å². The first-order chi connectivity index (χ1) is 14.7. The molecule has 1 aliphatic carbocycles. The predicted molar refractivity (Wildman–Crippen MR) is 140 cm³/mol. The minimum Gasteiger partial charge on any atom is -0.357 e. The Bertz CT molecular complexity index is 684. The van der Waals surface area contributed by atoms with Crippen molar-refractivity contribution in [3.63, 3.8) is 0 Å². The Balaban J connectivity index is 0.00000341. The molecule has 3 N–H and O–H groups in total. The average Bonchev–Trinajstić information content (AvgIpc) is 2.97. The Kier molecular flexibility index (Phi) is 12.3. The number of nitrogens with zero attached hydrogens (tertiary/aromatic N) is 2. The van der Waals surface area contributed by atoms with Crippen molar-refractivity contribution in [2.75, 3.05) is 38.0 Å². The molecule has 1 saturated heterocycles. The van der Waals surface area contributed by atoms with Gasteiger partial charge in [0, 0.05) is 24.7 Å². The van der Waals surface area contributed by atoms with Crippen molar-refractivity contribution in [3.8, 4) is 0 Å². The molecule has 0 spiro atoms. The number of likely N-dealkylation sites (tertiary alicyclic amines) is 1. The molecule has 7 heteroatoms. The van der Waals surface area contributed by atoms with E-state index in [-0.39, 0.29) is 35.8 Å². The summed E-state index contributed by atoms with van der Waals surface area (Å²) in [5.41, 5.74) is 1.97. The van der Waals surface area contributed by atoms with E-state index in [1.165, 1.54) is 45.2 Å². The van der Waals surface area contributed by atoms with Gasteiger partial charge in [0.2, 0.25) is 5.91 Å². The first-order valence-electron chi connectivity index (χ1n) is 11.9. The number of anilines is 1. The van der Waals surface area contributed by atoms with Gasteiger partial charge in [0.05, 0.1) is 6.54 Å². The van der Waals surface area contributed by atoms with Crippen LogP contribution in [0, 0.1) is 5.92 Å². The van der Waals surface area contributed by atoms with Gasteiger partial charge in [-0.1, -0.05) is 31.4 Å². The van der Waals surface area contributed by atoms with Crippen LogP contribution in [0.1, 0.15) is 63.9 Å². The van der Waals surface area contributed by atoms with Gasteiger partial charge in [0.15, 0.2) is 5.96 Å². The van der Waals surface area contributed by atoms with Crippen LogP contribution in [-0.2, 0) is 11.3 Å². The van der Waals surface area contributed by atoms with Crippen molar-refractivity contribution in [1.82, 2.24) is 15.5 Å². The van der Waals surface area contributed by atoms with Crippen molar-refractivity contribution in [2.24, 2.45) is 10.9 Å². The molecule has 1 aromatic carbocycles. The van der Waals surface area contributed by atoms with Gasteiger partial charge in [-0.05, 0) is 76.4 Å². The van der Waals surface area contributed by atoms with E-state index >= 15 is 0 Å². The quantitative estimate of drug-likeness (QED) is 0.188. The summed E-state index contributed by atoms with van der Waals surface area (Å²) in [6.45, 7) is 8.12. The van der Waals surface area contributed by atoms with Crippen LogP contribution in [-0.4, -0.2) is 49.5 Å². The summed E-state index contributed by atoms with van der Waals surface area (Å²) in [6, 6.07) is 8.03. The third kappa shape index (κ3) is 9.35. The number of amides is 1. The van der Waals surface area contributed by atoms with Crippen molar-refractivity contribution in [1.29, 1.82) is 0 Å². The number of carbonyl (C=O) groups excluding carboxylic acids is 1. The number of halogens is 1. The second-order valence-corrected chi connectivity index (χ2v) is 8.55. The number of hydrogen-bond acceptors (Lipinski definition) is 3. The molecule has 0 unspecified atom stereocenters. The van der Waals surface area contributed by atoms with Crippen molar-refractivity contribution < 1.29 is 4.79 Å². The number of nitrogens with one attached hydrogen (secondary N) is 3. The molecule has 6 nitrogen and oxygen atoms in total. The second-order valence-electron chi connectivity index (χ2n) is 8.55. The van der Waals surface area contributed by atoms with Crippen LogP contribution in [0.5, 0.6) is 0 Å². The zero-order chi connectivity index (χ0) is 21.0. The third-order valence-corrected chi connectivity index (χ3v) is 6.08. The van der Waals surface area contributed by atoms with Crippen LogP contribution in [0.2, 0.25) is 0 Å². The van der Waals surface area contributed by atoms with Gasteiger partial charge in [0.25, 0.3) is 0 Å². The fourth-order valence-corrected chi connectivity index (χ4v) is 4.04. The molecule has 1 amide bonds. The topological polar surface area (TPSA) is 68.8 Å². The third-order valence-electron chi connectivity index (χ3n) is 6.08. The molecule has 0 bridgehead atoms. The summed E-state index contributed by atoms with van der Waals surface area (Å²) < 4.78 is 0. The van der Waals surface area contributed by atoms with E-state index in [9.17, 15) is 4.79 Å². The highest BCUT2D eigenvalue weighted by Gasteiger charge is 2.25. The van der Waals surface area contributed by atoms with E-state index in [0.29, 0.717) is 6.54 Å². The fraction of sp³-hybridized carbons (Fsp3) is 0.667. The lowest BCUT2D eigenvalue weighted by atomic mass is 9.85. The van der Waals surface area contributed by atoms with Crippen LogP contribution in [0.25, 0.3) is 0 Å². The lowest BCUT2D eigenvalue weighted by Crippen LogP contribution is -2.39. The number of benzene rings is 1. The number of guanidine groups is 1. The van der Waals surface area contributed by atoms with Gasteiger partial charge in [0.1, 0.15) is 0 Å². The van der Waals surface area contributed by atoms with Gasteiger partial charge in [-0.2, -0.15) is 0 Å². The maximum atomic E-state index is 12.2. The Labute approximate surface area is 205 Å². The molecule has 1 saturated carbocycles. The normalized spacial score (nSPS) is 17.8. The van der Waals surface area contributed by atoms with E-state index in [4.69, 9.17) is 4.99 Å². The molecule has 174 valence electrons. The van der Waals surface area contributed by atoms with Crippen LogP contribution < -0.4 is 16.0 Å². The van der Waals surface area contributed by atoms with Gasteiger partial charge >= 0.3 is 0 Å². The Morgan fingerprint density at radius 2 is 1.87 bits per heavy atom. The monoisotopic (exact) mass is 541 g/mol. The molecule has 1 aliphatic heterocycles. The van der Waals surface area contributed by atoms with E-state index in [1.54, 1.807) is 0 Å². The lowest BCUT2D eigenvalue weighted by molar-refractivity contribution is -0.122. The first-order valence-corrected chi connectivity index (χ1v) is 11.9. The summed E-state index contributed by atoms with van der Waals surface area (Å²) in [6.07, 6.45) is 9.80. The van der Waals surface area contributed by atoms with Crippen molar-refractivity contribution in [2.45, 2.75) is 64.8 Å². The average molecular weight is 542 g/mol. The minimum absolute atomic E-state index is 0. The molecule has 31 heavy (non-hydrogen) atoms. The van der Waals surface area contributed by atoms with E-state index in [1.807, 2.05) is 18.2 Å². The zero-order valence-electron chi connectivity index (χ0n) is 19.0. The number of carbonyl (C=O) groups is 1. The summed E-state index contributed by atoms with van der Waals surface area (Å²) >= 11 is 0. The van der Waals surface area contributed by atoms with E-state index in [0.717, 1.165) is 56.1 Å². The Hall–Kier alpha value is -1.35. The molecular weight excluding hydrogens is 501 g/mol. The van der Waals surface area contributed by atoms with Gasteiger partial charge in [-0.3, -0.25) is 4.79 Å². The maximum Gasteiger partial charge on any atom is 0.227 e. The smallest absolute Gasteiger partial charge is 0.227 e. The maximum absolute atomic E-state index is 12.2. The van der Waals surface area contributed by atoms with Crippen LogP contribution in [0.3, 0.4) is 0 Å². The molecule has 2 aliphatic rings. The van der Waals surface area contributed by atoms with Gasteiger partial charge in [-0.25, -0.2) is 4.99 Å². The first kappa shape index (κ1) is 25.9. The van der Waals surface area contributed by atoms with Crippen LogP contribution in [0.4, 0.5) is 5.69 Å². The highest BCUT2D eigenvalue weighted by molar-refractivity contribution is 14.0. The zero-order valence-corrected chi connectivity index (χ0v) is 21.3. The number of hydrogen-bond donors (Lipinski definition) is 3. The lowest BCUT2D eigenvalue weighted by Gasteiger charge is -2.24. The van der Waals surface area contributed by atoms with Crippen LogP contribution >= 0.6 is 24.0 Å². The molecule has 0 atom stereocenters. The predicted octanol–water partition coefficient (Wildman–Crippen LogP) is 4.36. The summed E-state index contributed by atoms with van der Waals surface area (Å²) in [4.78, 5) is 19.5. The molecule has 2 fully saturated rings. The Morgan fingerprint density at radius 3 is 2.55 bits per heavy atom. The van der Waals surface area contributed by atoms with E-state index < -0.39 is 0 Å². The van der Waals surface area contributed by atoms with E-state index in [2.05, 4.69) is 33.8 Å². The molecule has 3 rings (SSSR count). The van der Waals surface area contributed by atoms with Crippen molar-refractivity contribution in [3.05, 3.63) is 29.8 Å².